The van der Waals surface area contributed by atoms with Crippen LogP contribution in [-0.4, -0.2) is 67.7 Å². The maximum atomic E-state index is 12.5. The van der Waals surface area contributed by atoms with E-state index in [0.717, 1.165) is 32.8 Å². The average molecular weight is 296 g/mol. The van der Waals surface area contributed by atoms with Gasteiger partial charge in [-0.15, -0.1) is 0 Å². The van der Waals surface area contributed by atoms with E-state index < -0.39 is 6.04 Å². The van der Waals surface area contributed by atoms with Crippen LogP contribution in [0.1, 0.15) is 27.2 Å². The van der Waals surface area contributed by atoms with Crippen LogP contribution in [0.15, 0.2) is 0 Å². The van der Waals surface area contributed by atoms with E-state index in [1.807, 2.05) is 20.8 Å². The molecular formula is C15H28N4O2. The number of nitriles is 1. The summed E-state index contributed by atoms with van der Waals surface area (Å²) in [5, 5.41) is 8.77. The second-order valence-electron chi connectivity index (χ2n) is 6.53. The van der Waals surface area contributed by atoms with E-state index in [0.29, 0.717) is 19.5 Å². The first-order valence-corrected chi connectivity index (χ1v) is 7.57. The summed E-state index contributed by atoms with van der Waals surface area (Å²) in [6.45, 7) is 11.0. The Balaban J connectivity index is 2.57. The van der Waals surface area contributed by atoms with E-state index >= 15 is 0 Å². The smallest absolute Gasteiger partial charge is 0.240 e. The third-order valence-electron chi connectivity index (χ3n) is 3.79. The molecule has 21 heavy (non-hydrogen) atoms. The van der Waals surface area contributed by atoms with Crippen molar-refractivity contribution in [2.75, 3.05) is 45.9 Å². The lowest BCUT2D eigenvalue weighted by molar-refractivity contribution is -0.135. The van der Waals surface area contributed by atoms with Crippen LogP contribution < -0.4 is 5.73 Å². The Bertz CT molecular complexity index is 367. The number of rotatable bonds is 6. The Labute approximate surface area is 127 Å². The molecular weight excluding hydrogens is 268 g/mol. The van der Waals surface area contributed by atoms with Crippen molar-refractivity contribution in [2.45, 2.75) is 33.2 Å². The molecule has 1 atom stereocenters. The summed E-state index contributed by atoms with van der Waals surface area (Å²) in [6, 6.07) is 1.56. The van der Waals surface area contributed by atoms with Gasteiger partial charge in [-0.2, -0.15) is 5.26 Å². The van der Waals surface area contributed by atoms with Crippen LogP contribution in [0.5, 0.6) is 0 Å². The van der Waals surface area contributed by atoms with Gasteiger partial charge in [0.25, 0.3) is 0 Å². The fourth-order valence-electron chi connectivity index (χ4n) is 2.17. The molecule has 0 aromatic heterocycles. The highest BCUT2D eigenvalue weighted by molar-refractivity contribution is 5.82. The standard InChI is InChI=1S/C15H28N4O2/c1-15(2,3)13(17)14(20)19(6-4-5-16)8-7-18-9-11-21-12-10-18/h13H,4,6-12,17H2,1-3H3/t13-/m1/s1. The normalized spacial score (nSPS) is 18.0. The third kappa shape index (κ3) is 6.00. The number of hydrogen-bond acceptors (Lipinski definition) is 5. The quantitative estimate of drug-likeness (QED) is 0.769. The Hall–Kier alpha value is -1.16. The minimum atomic E-state index is -0.541. The second kappa shape index (κ2) is 8.32. The lowest BCUT2D eigenvalue weighted by atomic mass is 9.86. The van der Waals surface area contributed by atoms with E-state index in [2.05, 4.69) is 11.0 Å². The number of amides is 1. The highest BCUT2D eigenvalue weighted by Gasteiger charge is 2.31. The van der Waals surface area contributed by atoms with Gasteiger partial charge in [0.05, 0.1) is 31.7 Å². The number of carbonyl (C=O) groups is 1. The molecule has 1 fully saturated rings. The molecule has 6 nitrogen and oxygen atoms in total. The van der Waals surface area contributed by atoms with Gasteiger partial charge in [-0.25, -0.2) is 0 Å². The minimum absolute atomic E-state index is 0.0639. The Morgan fingerprint density at radius 3 is 2.52 bits per heavy atom. The first-order chi connectivity index (χ1) is 9.86. The summed E-state index contributed by atoms with van der Waals surface area (Å²) in [6.07, 6.45) is 0.339. The van der Waals surface area contributed by atoms with Crippen molar-refractivity contribution < 1.29 is 9.53 Å². The molecule has 1 aliphatic rings. The summed E-state index contributed by atoms with van der Waals surface area (Å²) < 4.78 is 5.32. The van der Waals surface area contributed by atoms with Crippen LogP contribution in [-0.2, 0) is 9.53 Å². The van der Waals surface area contributed by atoms with Crippen molar-refractivity contribution in [1.82, 2.24) is 9.80 Å². The number of nitrogens with two attached hydrogens (primary N) is 1. The van der Waals surface area contributed by atoms with E-state index in [-0.39, 0.29) is 11.3 Å². The molecule has 0 aromatic carbocycles. The number of ether oxygens (including phenoxy) is 1. The summed E-state index contributed by atoms with van der Waals surface area (Å²) >= 11 is 0. The molecule has 6 heteroatoms. The molecule has 2 N–H and O–H groups in total. The summed E-state index contributed by atoms with van der Waals surface area (Å²) in [5.41, 5.74) is 5.79. The molecule has 1 heterocycles. The average Bonchev–Trinajstić information content (AvgIpc) is 2.46. The molecule has 0 aromatic rings. The second-order valence-corrected chi connectivity index (χ2v) is 6.53. The van der Waals surface area contributed by atoms with Gasteiger partial charge < -0.3 is 15.4 Å². The number of hydrogen-bond donors (Lipinski definition) is 1. The van der Waals surface area contributed by atoms with Gasteiger partial charge >= 0.3 is 0 Å². The highest BCUT2D eigenvalue weighted by Crippen LogP contribution is 2.19. The van der Waals surface area contributed by atoms with Crippen molar-refractivity contribution in [3.8, 4) is 6.07 Å². The Morgan fingerprint density at radius 2 is 2.00 bits per heavy atom. The largest absolute Gasteiger partial charge is 0.379 e. The molecule has 120 valence electrons. The van der Waals surface area contributed by atoms with Gasteiger partial charge in [0, 0.05) is 32.7 Å². The van der Waals surface area contributed by atoms with Crippen LogP contribution in [0.4, 0.5) is 0 Å². The van der Waals surface area contributed by atoms with E-state index in [1.165, 1.54) is 0 Å². The fourth-order valence-corrected chi connectivity index (χ4v) is 2.17. The van der Waals surface area contributed by atoms with Crippen LogP contribution in [0, 0.1) is 16.7 Å². The molecule has 0 unspecified atom stereocenters. The Kier molecular flexibility index (Phi) is 7.09. The number of carbonyl (C=O) groups excluding carboxylic acids is 1. The third-order valence-corrected chi connectivity index (χ3v) is 3.79. The van der Waals surface area contributed by atoms with Crippen LogP contribution >= 0.6 is 0 Å². The zero-order chi connectivity index (χ0) is 15.9. The maximum absolute atomic E-state index is 12.5. The van der Waals surface area contributed by atoms with Gasteiger partial charge in [-0.3, -0.25) is 9.69 Å². The van der Waals surface area contributed by atoms with E-state index in [9.17, 15) is 4.79 Å². The predicted molar refractivity (Wildman–Crippen MR) is 81.5 cm³/mol. The zero-order valence-corrected chi connectivity index (χ0v) is 13.5. The fraction of sp³-hybridized carbons (Fsp3) is 0.867. The highest BCUT2D eigenvalue weighted by atomic mass is 16.5. The van der Waals surface area contributed by atoms with Gasteiger partial charge in [0.15, 0.2) is 0 Å². The van der Waals surface area contributed by atoms with Crippen molar-refractivity contribution in [2.24, 2.45) is 11.1 Å². The molecule has 0 bridgehead atoms. The molecule has 0 saturated carbocycles. The first kappa shape index (κ1) is 17.9. The molecule has 1 aliphatic heterocycles. The summed E-state index contributed by atoms with van der Waals surface area (Å²) in [5.74, 6) is -0.0639. The van der Waals surface area contributed by atoms with E-state index in [4.69, 9.17) is 15.7 Å². The lowest BCUT2D eigenvalue weighted by Gasteiger charge is -2.34. The molecule has 0 spiro atoms. The lowest BCUT2D eigenvalue weighted by Crippen LogP contribution is -2.52. The molecule has 1 saturated heterocycles. The van der Waals surface area contributed by atoms with E-state index in [1.54, 1.807) is 4.90 Å². The Morgan fingerprint density at radius 1 is 1.38 bits per heavy atom. The number of morpholine rings is 1. The predicted octanol–water partition coefficient (Wildman–Crippen LogP) is 0.434. The topological polar surface area (TPSA) is 82.6 Å². The summed E-state index contributed by atoms with van der Waals surface area (Å²) in [7, 11) is 0. The zero-order valence-electron chi connectivity index (χ0n) is 13.5. The maximum Gasteiger partial charge on any atom is 0.240 e. The van der Waals surface area contributed by atoms with Gasteiger partial charge in [0.2, 0.25) is 5.91 Å². The minimum Gasteiger partial charge on any atom is -0.379 e. The summed E-state index contributed by atoms with van der Waals surface area (Å²) in [4.78, 5) is 16.5. The molecule has 1 amide bonds. The SMILES string of the molecule is CC(C)(C)[C@H](N)C(=O)N(CCC#N)CCN1CCOCC1. The molecule has 1 rings (SSSR count). The van der Waals surface area contributed by atoms with Gasteiger partial charge in [-0.1, -0.05) is 20.8 Å². The van der Waals surface area contributed by atoms with Crippen molar-refractivity contribution in [3.05, 3.63) is 0 Å². The van der Waals surface area contributed by atoms with Crippen molar-refractivity contribution >= 4 is 5.91 Å². The number of nitrogens with zero attached hydrogens (tertiary/aromatic N) is 3. The van der Waals surface area contributed by atoms with Crippen LogP contribution in [0.3, 0.4) is 0 Å². The monoisotopic (exact) mass is 296 g/mol. The molecule has 0 aliphatic carbocycles. The van der Waals surface area contributed by atoms with Crippen molar-refractivity contribution in [1.29, 1.82) is 5.26 Å². The molecule has 0 radical (unpaired) electrons. The van der Waals surface area contributed by atoms with Crippen LogP contribution in [0.2, 0.25) is 0 Å². The van der Waals surface area contributed by atoms with Gasteiger partial charge in [0.1, 0.15) is 0 Å². The van der Waals surface area contributed by atoms with Gasteiger partial charge in [-0.05, 0) is 5.41 Å². The first-order valence-electron chi connectivity index (χ1n) is 7.57. The van der Waals surface area contributed by atoms with Crippen LogP contribution in [0.25, 0.3) is 0 Å². The van der Waals surface area contributed by atoms with Crippen molar-refractivity contribution in [3.63, 3.8) is 0 Å².